The van der Waals surface area contributed by atoms with Crippen molar-refractivity contribution in [3.63, 3.8) is 0 Å². The highest BCUT2D eigenvalue weighted by Gasteiger charge is 2.25. The number of fused-ring (bicyclic) bond motifs is 1. The van der Waals surface area contributed by atoms with Gasteiger partial charge < -0.3 is 20.1 Å². The zero-order valence-electron chi connectivity index (χ0n) is 20.0. The first-order valence-corrected chi connectivity index (χ1v) is 11.3. The summed E-state index contributed by atoms with van der Waals surface area (Å²) in [5.41, 5.74) is 0.465. The molecule has 0 spiro atoms. The molecule has 10 heteroatoms. The molecule has 2 N–H and O–H groups in total. The van der Waals surface area contributed by atoms with Crippen LogP contribution in [-0.2, 0) is 22.5 Å². The first kappa shape index (κ1) is 25.8. The summed E-state index contributed by atoms with van der Waals surface area (Å²) in [6.45, 7) is 4.61. The van der Waals surface area contributed by atoms with Crippen molar-refractivity contribution in [1.29, 1.82) is 0 Å². The van der Waals surface area contributed by atoms with Crippen molar-refractivity contribution in [3.8, 4) is 5.75 Å². The van der Waals surface area contributed by atoms with Gasteiger partial charge >= 0.3 is 0 Å². The number of aromatic hydroxyl groups is 1. The lowest BCUT2D eigenvalue weighted by Gasteiger charge is -2.21. The van der Waals surface area contributed by atoms with Gasteiger partial charge in [-0.2, -0.15) is 0 Å². The predicted octanol–water partition coefficient (Wildman–Crippen LogP) is 2.08. The van der Waals surface area contributed by atoms with E-state index >= 15 is 0 Å². The Morgan fingerprint density at radius 2 is 1.86 bits per heavy atom. The Kier molecular flexibility index (Phi) is 8.53. The van der Waals surface area contributed by atoms with Gasteiger partial charge in [-0.1, -0.05) is 12.1 Å². The third-order valence-electron chi connectivity index (χ3n) is 5.68. The number of likely N-dealkylation sites (N-methyl/N-ethyl adjacent to an activating group) is 1. The van der Waals surface area contributed by atoms with Crippen molar-refractivity contribution in [1.82, 2.24) is 19.8 Å². The van der Waals surface area contributed by atoms with E-state index < -0.39 is 22.8 Å². The molecule has 2 amide bonds. The average Bonchev–Trinajstić information content (AvgIpc) is 2.84. The topological polar surface area (TPSA) is 114 Å². The van der Waals surface area contributed by atoms with Crippen LogP contribution in [0.25, 0.3) is 11.0 Å². The van der Waals surface area contributed by atoms with Gasteiger partial charge in [-0.25, -0.2) is 4.39 Å². The first-order chi connectivity index (χ1) is 16.8. The molecule has 0 aliphatic rings. The van der Waals surface area contributed by atoms with E-state index in [0.717, 1.165) is 5.56 Å². The largest absolute Gasteiger partial charge is 0.505 e. The van der Waals surface area contributed by atoms with Crippen LogP contribution in [0.4, 0.5) is 4.39 Å². The fourth-order valence-electron chi connectivity index (χ4n) is 3.81. The smallest absolute Gasteiger partial charge is 0.268 e. The molecule has 3 rings (SSSR count). The van der Waals surface area contributed by atoms with Crippen LogP contribution in [0, 0.1) is 5.82 Å². The van der Waals surface area contributed by atoms with Crippen LogP contribution < -0.4 is 10.9 Å². The minimum Gasteiger partial charge on any atom is -0.505 e. The van der Waals surface area contributed by atoms with E-state index in [2.05, 4.69) is 10.3 Å². The van der Waals surface area contributed by atoms with Gasteiger partial charge in [0.25, 0.3) is 11.5 Å². The third kappa shape index (κ3) is 5.83. The van der Waals surface area contributed by atoms with E-state index in [9.17, 15) is 23.9 Å². The number of methoxy groups -OCH3 is 1. The molecule has 1 aromatic carbocycles. The molecule has 2 heterocycles. The Labute approximate surface area is 202 Å². The minimum atomic E-state index is -0.800. The lowest BCUT2D eigenvalue weighted by atomic mass is 10.1. The SMILES string of the molecule is CCN(CC)C(=O)Cn1c(=O)c(C(=O)NCCOC)c(O)c2ncc(Cc3ccc(F)cc3)cc21. The number of ether oxygens (including phenoxy) is 1. The molecule has 35 heavy (non-hydrogen) atoms. The number of halogens is 1. The number of rotatable bonds is 10. The van der Waals surface area contributed by atoms with Crippen LogP contribution in [0.3, 0.4) is 0 Å². The van der Waals surface area contributed by atoms with Gasteiger partial charge in [0.05, 0.1) is 12.1 Å². The Balaban J connectivity index is 2.13. The van der Waals surface area contributed by atoms with Gasteiger partial charge in [0.15, 0.2) is 5.75 Å². The quantitative estimate of drug-likeness (QED) is 0.426. The van der Waals surface area contributed by atoms with E-state index in [1.165, 1.54) is 30.0 Å². The summed E-state index contributed by atoms with van der Waals surface area (Å²) in [6.07, 6.45) is 1.90. The monoisotopic (exact) mass is 484 g/mol. The van der Waals surface area contributed by atoms with Crippen LogP contribution in [0.2, 0.25) is 0 Å². The molecule has 0 bridgehead atoms. The molecular weight excluding hydrogens is 455 g/mol. The Morgan fingerprint density at radius 3 is 2.49 bits per heavy atom. The number of hydrogen-bond acceptors (Lipinski definition) is 6. The molecule has 0 atom stereocenters. The summed E-state index contributed by atoms with van der Waals surface area (Å²) in [5.74, 6) is -2.00. The Morgan fingerprint density at radius 1 is 1.17 bits per heavy atom. The molecule has 9 nitrogen and oxygen atoms in total. The summed E-state index contributed by atoms with van der Waals surface area (Å²) in [6, 6.07) is 7.63. The van der Waals surface area contributed by atoms with Gasteiger partial charge in [0.1, 0.15) is 23.4 Å². The predicted molar refractivity (Wildman–Crippen MR) is 129 cm³/mol. The molecule has 0 saturated heterocycles. The number of pyridine rings is 2. The number of carbonyl (C=O) groups excluding carboxylic acids is 2. The lowest BCUT2D eigenvalue weighted by Crippen LogP contribution is -2.39. The lowest BCUT2D eigenvalue weighted by molar-refractivity contribution is -0.131. The van der Waals surface area contributed by atoms with E-state index in [1.807, 2.05) is 13.8 Å². The second-order valence-electron chi connectivity index (χ2n) is 7.94. The normalized spacial score (nSPS) is 11.0. The van der Waals surface area contributed by atoms with E-state index in [0.29, 0.717) is 25.1 Å². The minimum absolute atomic E-state index is 0.0247. The van der Waals surface area contributed by atoms with Crippen molar-refractivity contribution in [3.05, 3.63) is 69.4 Å². The van der Waals surface area contributed by atoms with E-state index in [-0.39, 0.29) is 42.5 Å². The van der Waals surface area contributed by atoms with Crippen molar-refractivity contribution in [2.75, 3.05) is 33.4 Å². The highest BCUT2D eigenvalue weighted by atomic mass is 19.1. The van der Waals surface area contributed by atoms with Crippen molar-refractivity contribution in [2.24, 2.45) is 0 Å². The fourth-order valence-corrected chi connectivity index (χ4v) is 3.81. The molecule has 0 unspecified atom stereocenters. The summed E-state index contributed by atoms with van der Waals surface area (Å²) in [4.78, 5) is 44.9. The van der Waals surface area contributed by atoms with Crippen molar-refractivity contribution < 1.29 is 23.8 Å². The molecular formula is C25H29FN4O5. The van der Waals surface area contributed by atoms with Gasteiger partial charge in [0.2, 0.25) is 5.91 Å². The van der Waals surface area contributed by atoms with E-state index in [4.69, 9.17) is 4.74 Å². The molecule has 0 aliphatic carbocycles. The summed E-state index contributed by atoms with van der Waals surface area (Å²) >= 11 is 0. The van der Waals surface area contributed by atoms with Gasteiger partial charge in [-0.15, -0.1) is 0 Å². The number of nitrogens with one attached hydrogen (secondary N) is 1. The van der Waals surface area contributed by atoms with Crippen LogP contribution >= 0.6 is 0 Å². The molecule has 3 aromatic rings. The number of carbonyl (C=O) groups is 2. The van der Waals surface area contributed by atoms with Crippen LogP contribution in [0.1, 0.15) is 35.3 Å². The summed E-state index contributed by atoms with van der Waals surface area (Å²) < 4.78 is 19.3. The third-order valence-corrected chi connectivity index (χ3v) is 5.68. The molecule has 0 fully saturated rings. The molecule has 2 aromatic heterocycles. The maximum Gasteiger partial charge on any atom is 0.268 e. The number of aromatic nitrogens is 2. The Bertz CT molecular complexity index is 1270. The van der Waals surface area contributed by atoms with Gasteiger partial charge in [0, 0.05) is 32.9 Å². The summed E-state index contributed by atoms with van der Waals surface area (Å²) in [7, 11) is 1.47. The highest BCUT2D eigenvalue weighted by molar-refractivity contribution is 6.01. The van der Waals surface area contributed by atoms with Crippen molar-refractivity contribution >= 4 is 22.8 Å². The second kappa shape index (κ2) is 11.6. The average molecular weight is 485 g/mol. The number of nitrogens with zero attached hydrogens (tertiary/aromatic N) is 3. The molecule has 186 valence electrons. The Hall–Kier alpha value is -3.79. The maximum absolute atomic E-state index is 13.4. The molecule has 0 aliphatic heterocycles. The highest BCUT2D eigenvalue weighted by Crippen LogP contribution is 2.26. The maximum atomic E-state index is 13.4. The van der Waals surface area contributed by atoms with Crippen molar-refractivity contribution in [2.45, 2.75) is 26.8 Å². The van der Waals surface area contributed by atoms with Gasteiger partial charge in [-0.05, 0) is 49.6 Å². The zero-order chi connectivity index (χ0) is 25.5. The summed E-state index contributed by atoms with van der Waals surface area (Å²) in [5, 5.41) is 13.4. The van der Waals surface area contributed by atoms with Crippen LogP contribution in [0.15, 0.2) is 41.3 Å². The standard InChI is InChI=1S/C25H29FN4O5/c1-4-29(5-2)20(31)15-30-19-13-17(12-16-6-8-18(26)9-7-16)14-28-22(19)23(32)21(25(30)34)24(33)27-10-11-35-3/h6-9,13-14,32H,4-5,10-12,15H2,1-3H3,(H,27,33). The van der Waals surface area contributed by atoms with Gasteiger partial charge in [-0.3, -0.25) is 23.9 Å². The van der Waals surface area contributed by atoms with Crippen LogP contribution in [0.5, 0.6) is 5.75 Å². The number of hydrogen-bond donors (Lipinski definition) is 2. The first-order valence-electron chi connectivity index (χ1n) is 11.3. The number of benzene rings is 1. The van der Waals surface area contributed by atoms with E-state index in [1.54, 1.807) is 23.1 Å². The second-order valence-corrected chi connectivity index (χ2v) is 7.94. The number of amides is 2. The molecule has 0 saturated carbocycles. The molecule has 0 radical (unpaired) electrons. The zero-order valence-corrected chi connectivity index (χ0v) is 20.0. The van der Waals surface area contributed by atoms with Crippen LogP contribution in [-0.4, -0.2) is 64.7 Å². The fraction of sp³-hybridized carbons (Fsp3) is 0.360.